The number of urea groups is 1. The second kappa shape index (κ2) is 7.55. The molecule has 9 heteroatoms. The topological polar surface area (TPSA) is 122 Å². The number of carbonyl (C=O) groups excluding carboxylic acids is 5. The number of amides is 4. The number of hydrogen-bond acceptors (Lipinski definition) is 6. The van der Waals surface area contributed by atoms with Crippen LogP contribution in [0.2, 0.25) is 0 Å². The highest BCUT2D eigenvalue weighted by Crippen LogP contribution is 2.38. The van der Waals surface area contributed by atoms with Gasteiger partial charge in [0.1, 0.15) is 12.1 Å². The summed E-state index contributed by atoms with van der Waals surface area (Å²) < 4.78 is 5.02. The maximum absolute atomic E-state index is 12.9. The molecule has 4 rings (SSSR count). The van der Waals surface area contributed by atoms with Crippen molar-refractivity contribution in [2.75, 3.05) is 18.5 Å². The first-order valence-electron chi connectivity index (χ1n) is 10.1. The van der Waals surface area contributed by atoms with Gasteiger partial charge in [0.15, 0.2) is 12.4 Å². The molecule has 1 spiro atoms. The number of fused-ring (bicyclic) bond motifs is 1. The zero-order chi connectivity index (χ0) is 21.5. The highest BCUT2D eigenvalue weighted by molar-refractivity contribution is 6.09. The zero-order valence-electron chi connectivity index (χ0n) is 16.7. The van der Waals surface area contributed by atoms with Crippen LogP contribution in [0.1, 0.15) is 48.5 Å². The summed E-state index contributed by atoms with van der Waals surface area (Å²) in [6, 6.07) is 4.17. The summed E-state index contributed by atoms with van der Waals surface area (Å²) in [5.41, 5.74) is 0.755. The van der Waals surface area contributed by atoms with Crippen molar-refractivity contribution in [3.63, 3.8) is 0 Å². The second-order valence-corrected chi connectivity index (χ2v) is 8.12. The molecule has 9 nitrogen and oxygen atoms in total. The lowest BCUT2D eigenvalue weighted by atomic mass is 9.73. The van der Waals surface area contributed by atoms with Gasteiger partial charge in [0.05, 0.1) is 6.42 Å². The van der Waals surface area contributed by atoms with E-state index >= 15 is 0 Å². The maximum Gasteiger partial charge on any atom is 0.326 e. The van der Waals surface area contributed by atoms with E-state index in [0.717, 1.165) is 24.2 Å². The van der Waals surface area contributed by atoms with Gasteiger partial charge in [0, 0.05) is 11.3 Å². The van der Waals surface area contributed by atoms with Crippen molar-refractivity contribution in [3.05, 3.63) is 29.3 Å². The number of ketones is 1. The van der Waals surface area contributed by atoms with Crippen molar-refractivity contribution >= 4 is 35.3 Å². The standard InChI is InChI=1S/C21H23N3O6/c1-12-4-2-3-7-21(12)19(28)24(20(29)23-21)10-18(27)30-11-16(25)13-5-6-15-14(8-13)9-17(26)22-15/h5-6,8,12H,2-4,7,9-11H2,1H3,(H,22,26)(H,23,29)/t12-,21+/m0/s1. The van der Waals surface area contributed by atoms with Crippen molar-refractivity contribution in [3.8, 4) is 0 Å². The number of Topliss-reactive ketones (excluding diaryl/α,β-unsaturated/α-hetero) is 1. The number of esters is 1. The number of rotatable bonds is 5. The van der Waals surface area contributed by atoms with Crippen molar-refractivity contribution in [1.82, 2.24) is 10.2 Å². The average Bonchev–Trinajstić information content (AvgIpc) is 3.20. The van der Waals surface area contributed by atoms with Crippen LogP contribution in [-0.2, 0) is 25.5 Å². The molecular formula is C21H23N3O6. The van der Waals surface area contributed by atoms with Gasteiger partial charge in [0.25, 0.3) is 5.91 Å². The number of imide groups is 1. The molecule has 1 aliphatic carbocycles. The van der Waals surface area contributed by atoms with E-state index in [2.05, 4.69) is 10.6 Å². The fraction of sp³-hybridized carbons (Fsp3) is 0.476. The first-order chi connectivity index (χ1) is 14.3. The van der Waals surface area contributed by atoms with Gasteiger partial charge in [-0.3, -0.25) is 24.1 Å². The minimum absolute atomic E-state index is 0.00789. The SMILES string of the molecule is C[C@H]1CCCC[C@@]12NC(=O)N(CC(=O)OCC(=O)c1ccc3c(c1)CC(=O)N3)C2=O. The summed E-state index contributed by atoms with van der Waals surface area (Å²) in [6.07, 6.45) is 3.43. The monoisotopic (exact) mass is 413 g/mol. The first kappa shape index (κ1) is 20.1. The Morgan fingerprint density at radius 1 is 1.23 bits per heavy atom. The smallest absolute Gasteiger partial charge is 0.326 e. The molecule has 2 atom stereocenters. The molecule has 158 valence electrons. The molecule has 2 N–H and O–H groups in total. The second-order valence-electron chi connectivity index (χ2n) is 8.12. The Labute approximate surface area is 173 Å². The van der Waals surface area contributed by atoms with Crippen LogP contribution in [0.5, 0.6) is 0 Å². The minimum atomic E-state index is -0.943. The molecule has 1 saturated heterocycles. The molecule has 0 unspecified atom stereocenters. The largest absolute Gasteiger partial charge is 0.456 e. The van der Waals surface area contributed by atoms with Gasteiger partial charge >= 0.3 is 12.0 Å². The third kappa shape index (κ3) is 3.44. The van der Waals surface area contributed by atoms with E-state index in [1.54, 1.807) is 18.2 Å². The molecule has 2 fully saturated rings. The Morgan fingerprint density at radius 3 is 2.80 bits per heavy atom. The molecule has 2 heterocycles. The van der Waals surface area contributed by atoms with E-state index in [-0.39, 0.29) is 18.2 Å². The lowest BCUT2D eigenvalue weighted by Gasteiger charge is -2.36. The molecule has 0 aromatic heterocycles. The van der Waals surface area contributed by atoms with Gasteiger partial charge in [-0.15, -0.1) is 0 Å². The molecule has 30 heavy (non-hydrogen) atoms. The summed E-state index contributed by atoms with van der Waals surface area (Å²) in [4.78, 5) is 62.0. The lowest BCUT2D eigenvalue weighted by Crippen LogP contribution is -2.54. The summed E-state index contributed by atoms with van der Waals surface area (Å²) in [6.45, 7) is 0.886. The first-order valence-corrected chi connectivity index (χ1v) is 10.1. The Bertz CT molecular complexity index is 958. The maximum atomic E-state index is 12.9. The highest BCUT2D eigenvalue weighted by Gasteiger charge is 2.55. The zero-order valence-corrected chi connectivity index (χ0v) is 16.7. The quantitative estimate of drug-likeness (QED) is 0.428. The fourth-order valence-corrected chi connectivity index (χ4v) is 4.45. The Balaban J connectivity index is 1.34. The van der Waals surface area contributed by atoms with Crippen LogP contribution in [0.15, 0.2) is 18.2 Å². The molecule has 3 aliphatic rings. The van der Waals surface area contributed by atoms with E-state index in [1.165, 1.54) is 0 Å². The van der Waals surface area contributed by atoms with Gasteiger partial charge in [-0.1, -0.05) is 19.8 Å². The van der Waals surface area contributed by atoms with Crippen LogP contribution in [0, 0.1) is 5.92 Å². The van der Waals surface area contributed by atoms with E-state index < -0.39 is 42.4 Å². The third-order valence-corrected chi connectivity index (χ3v) is 6.21. The third-order valence-electron chi connectivity index (χ3n) is 6.21. The van der Waals surface area contributed by atoms with E-state index in [0.29, 0.717) is 23.2 Å². The molecule has 0 bridgehead atoms. The molecule has 1 aromatic rings. The number of hydrogen-bond donors (Lipinski definition) is 2. The Hall–Kier alpha value is -3.23. The Kier molecular flexibility index (Phi) is 5.05. The van der Waals surface area contributed by atoms with Crippen LogP contribution >= 0.6 is 0 Å². The van der Waals surface area contributed by atoms with Crippen molar-refractivity contribution in [2.45, 2.75) is 44.6 Å². The molecular weight excluding hydrogens is 390 g/mol. The van der Waals surface area contributed by atoms with E-state index in [1.807, 2.05) is 6.92 Å². The minimum Gasteiger partial charge on any atom is -0.456 e. The molecule has 1 aromatic carbocycles. The van der Waals surface area contributed by atoms with Gasteiger partial charge in [-0.25, -0.2) is 4.79 Å². The van der Waals surface area contributed by atoms with Gasteiger partial charge in [-0.05, 0) is 42.5 Å². The average molecular weight is 413 g/mol. The van der Waals surface area contributed by atoms with Crippen LogP contribution < -0.4 is 10.6 Å². The highest BCUT2D eigenvalue weighted by atomic mass is 16.5. The van der Waals surface area contributed by atoms with Crippen molar-refractivity contribution in [1.29, 1.82) is 0 Å². The summed E-state index contributed by atoms with van der Waals surface area (Å²) in [5, 5.41) is 5.45. The Morgan fingerprint density at radius 2 is 2.03 bits per heavy atom. The molecule has 4 amide bonds. The molecule has 0 radical (unpaired) electrons. The number of nitrogens with zero attached hydrogens (tertiary/aromatic N) is 1. The van der Waals surface area contributed by atoms with Crippen LogP contribution in [0.3, 0.4) is 0 Å². The number of benzene rings is 1. The molecule has 2 aliphatic heterocycles. The summed E-state index contributed by atoms with van der Waals surface area (Å²) in [5.74, 6) is -1.81. The van der Waals surface area contributed by atoms with Crippen molar-refractivity contribution < 1.29 is 28.7 Å². The normalized spacial score (nSPS) is 25.2. The predicted octanol–water partition coefficient (Wildman–Crippen LogP) is 1.41. The number of carbonyl (C=O) groups is 5. The van der Waals surface area contributed by atoms with Crippen LogP contribution in [-0.4, -0.2) is 53.2 Å². The number of ether oxygens (including phenoxy) is 1. The number of anilines is 1. The molecule has 1 saturated carbocycles. The van der Waals surface area contributed by atoms with Gasteiger partial charge in [-0.2, -0.15) is 0 Å². The van der Waals surface area contributed by atoms with Gasteiger partial charge in [0.2, 0.25) is 5.91 Å². The van der Waals surface area contributed by atoms with E-state index in [4.69, 9.17) is 4.74 Å². The van der Waals surface area contributed by atoms with E-state index in [9.17, 15) is 24.0 Å². The van der Waals surface area contributed by atoms with Crippen LogP contribution in [0.25, 0.3) is 0 Å². The summed E-state index contributed by atoms with van der Waals surface area (Å²) in [7, 11) is 0. The predicted molar refractivity (Wildman–Crippen MR) is 105 cm³/mol. The fourth-order valence-electron chi connectivity index (χ4n) is 4.45. The van der Waals surface area contributed by atoms with Gasteiger partial charge < -0.3 is 15.4 Å². The number of nitrogens with one attached hydrogen (secondary N) is 2. The van der Waals surface area contributed by atoms with Crippen molar-refractivity contribution in [2.24, 2.45) is 5.92 Å². The summed E-state index contributed by atoms with van der Waals surface area (Å²) >= 11 is 0. The lowest BCUT2D eigenvalue weighted by molar-refractivity contribution is -0.147. The van der Waals surface area contributed by atoms with Crippen LogP contribution in [0.4, 0.5) is 10.5 Å².